The highest BCUT2D eigenvalue weighted by Crippen LogP contribution is 2.30. The van der Waals surface area contributed by atoms with Gasteiger partial charge in [0.05, 0.1) is 11.5 Å². The molecule has 0 spiro atoms. The smallest absolute Gasteiger partial charge is 0.295 e. The summed E-state index contributed by atoms with van der Waals surface area (Å²) in [7, 11) is 0. The Hall–Kier alpha value is -2.21. The Bertz CT molecular complexity index is 696. The van der Waals surface area contributed by atoms with Crippen LogP contribution < -0.4 is 5.32 Å². The van der Waals surface area contributed by atoms with E-state index in [0.29, 0.717) is 11.4 Å². The third kappa shape index (κ3) is 3.01. The molecule has 1 aliphatic rings. The Morgan fingerprint density at radius 2 is 2.36 bits per heavy atom. The first-order valence-electron chi connectivity index (χ1n) is 7.51. The molecule has 116 valence electrons. The number of ether oxygens (including phenoxy) is 1. The number of nitrogens with zero attached hydrogens (tertiary/aromatic N) is 2. The van der Waals surface area contributed by atoms with E-state index in [1.807, 2.05) is 19.1 Å². The topological polar surface area (TPSA) is 77.3 Å². The van der Waals surface area contributed by atoms with Crippen molar-refractivity contribution in [2.75, 3.05) is 25.1 Å². The maximum Gasteiger partial charge on any atom is 0.295 e. The van der Waals surface area contributed by atoms with Crippen LogP contribution in [-0.4, -0.2) is 29.7 Å². The molecule has 0 radical (unpaired) electrons. The van der Waals surface area contributed by atoms with Crippen LogP contribution in [0.1, 0.15) is 18.5 Å². The fourth-order valence-electron chi connectivity index (χ4n) is 2.88. The van der Waals surface area contributed by atoms with Crippen molar-refractivity contribution in [3.8, 4) is 0 Å². The standard InChI is InChI=1S/C16H19N3O3/c1-11-8-14(17-9-12-4-3-7-22-10-12)13-5-2-6-15(19(20)21)16(13)18-11/h2,5-6,8,12H,3-4,7,9-10H2,1H3,(H,17,18). The van der Waals surface area contributed by atoms with Gasteiger partial charge in [0.1, 0.15) is 0 Å². The lowest BCUT2D eigenvalue weighted by Crippen LogP contribution is -2.24. The highest BCUT2D eigenvalue weighted by Gasteiger charge is 2.17. The number of non-ortho nitro benzene ring substituents is 1. The van der Waals surface area contributed by atoms with Crippen molar-refractivity contribution in [3.05, 3.63) is 40.1 Å². The summed E-state index contributed by atoms with van der Waals surface area (Å²) in [5.74, 6) is 0.482. The molecule has 1 saturated heterocycles. The van der Waals surface area contributed by atoms with Crippen LogP contribution in [-0.2, 0) is 4.74 Å². The third-order valence-electron chi connectivity index (χ3n) is 3.98. The first-order chi connectivity index (χ1) is 10.6. The van der Waals surface area contributed by atoms with E-state index in [1.54, 1.807) is 6.07 Å². The van der Waals surface area contributed by atoms with Crippen molar-refractivity contribution in [3.63, 3.8) is 0 Å². The lowest BCUT2D eigenvalue weighted by Gasteiger charge is -2.23. The Balaban J connectivity index is 1.91. The molecule has 0 bridgehead atoms. The minimum absolute atomic E-state index is 0.0465. The summed E-state index contributed by atoms with van der Waals surface area (Å²) in [5, 5.41) is 15.4. The Labute approximate surface area is 128 Å². The molecule has 1 aliphatic heterocycles. The van der Waals surface area contributed by atoms with Gasteiger partial charge in [0.15, 0.2) is 5.52 Å². The molecule has 2 heterocycles. The molecule has 1 fully saturated rings. The van der Waals surface area contributed by atoms with Crippen LogP contribution in [0.4, 0.5) is 11.4 Å². The lowest BCUT2D eigenvalue weighted by molar-refractivity contribution is -0.383. The summed E-state index contributed by atoms with van der Waals surface area (Å²) in [4.78, 5) is 15.1. The molecule has 1 aromatic heterocycles. The quantitative estimate of drug-likeness (QED) is 0.692. The molecule has 1 unspecified atom stereocenters. The van der Waals surface area contributed by atoms with Crippen LogP contribution in [0, 0.1) is 23.0 Å². The largest absolute Gasteiger partial charge is 0.384 e. The molecule has 0 saturated carbocycles. The lowest BCUT2D eigenvalue weighted by atomic mass is 10.0. The van der Waals surface area contributed by atoms with Gasteiger partial charge in [-0.2, -0.15) is 0 Å². The van der Waals surface area contributed by atoms with E-state index >= 15 is 0 Å². The van der Waals surface area contributed by atoms with Crippen molar-refractivity contribution in [1.82, 2.24) is 4.98 Å². The zero-order valence-corrected chi connectivity index (χ0v) is 12.5. The molecule has 0 amide bonds. The van der Waals surface area contributed by atoms with E-state index in [1.165, 1.54) is 6.07 Å². The number of pyridine rings is 1. The average Bonchev–Trinajstić information content (AvgIpc) is 2.52. The molecule has 1 atom stereocenters. The van der Waals surface area contributed by atoms with E-state index in [0.717, 1.165) is 49.4 Å². The molecule has 6 nitrogen and oxygen atoms in total. The van der Waals surface area contributed by atoms with E-state index in [4.69, 9.17) is 4.74 Å². The van der Waals surface area contributed by atoms with Crippen molar-refractivity contribution in [1.29, 1.82) is 0 Å². The molecule has 1 N–H and O–H groups in total. The van der Waals surface area contributed by atoms with Gasteiger partial charge < -0.3 is 10.1 Å². The van der Waals surface area contributed by atoms with Crippen LogP contribution in [0.2, 0.25) is 0 Å². The number of rotatable bonds is 4. The number of anilines is 1. The SMILES string of the molecule is Cc1cc(NCC2CCCOC2)c2cccc([N+](=O)[O-])c2n1. The fourth-order valence-corrected chi connectivity index (χ4v) is 2.88. The van der Waals surface area contributed by atoms with Gasteiger partial charge in [-0.05, 0) is 31.7 Å². The fraction of sp³-hybridized carbons (Fsp3) is 0.438. The maximum absolute atomic E-state index is 11.2. The van der Waals surface area contributed by atoms with Crippen molar-refractivity contribution < 1.29 is 9.66 Å². The van der Waals surface area contributed by atoms with Gasteiger partial charge in [-0.1, -0.05) is 12.1 Å². The summed E-state index contributed by atoms with van der Waals surface area (Å²) < 4.78 is 5.49. The predicted octanol–water partition coefficient (Wildman–Crippen LogP) is 3.29. The van der Waals surface area contributed by atoms with Gasteiger partial charge >= 0.3 is 0 Å². The van der Waals surface area contributed by atoms with E-state index < -0.39 is 0 Å². The van der Waals surface area contributed by atoms with Crippen LogP contribution in [0.3, 0.4) is 0 Å². The van der Waals surface area contributed by atoms with Crippen LogP contribution in [0.15, 0.2) is 24.3 Å². The van der Waals surface area contributed by atoms with Gasteiger partial charge in [0, 0.05) is 36.0 Å². The monoisotopic (exact) mass is 301 g/mol. The predicted molar refractivity (Wildman–Crippen MR) is 85.2 cm³/mol. The highest BCUT2D eigenvalue weighted by molar-refractivity contribution is 5.96. The molecule has 2 aromatic rings. The molecule has 22 heavy (non-hydrogen) atoms. The van der Waals surface area contributed by atoms with Gasteiger partial charge in [-0.15, -0.1) is 0 Å². The molecular formula is C16H19N3O3. The molecule has 0 aliphatic carbocycles. The second-order valence-corrected chi connectivity index (χ2v) is 5.71. The van der Waals surface area contributed by atoms with Crippen LogP contribution in [0.25, 0.3) is 10.9 Å². The maximum atomic E-state index is 11.2. The first kappa shape index (κ1) is 14.7. The normalized spacial score (nSPS) is 18.3. The number of hydrogen-bond acceptors (Lipinski definition) is 5. The number of aryl methyl sites for hydroxylation is 1. The number of hydrogen-bond donors (Lipinski definition) is 1. The summed E-state index contributed by atoms with van der Waals surface area (Å²) in [6.07, 6.45) is 2.24. The van der Waals surface area contributed by atoms with Crippen LogP contribution >= 0.6 is 0 Å². The Kier molecular flexibility index (Phi) is 4.20. The number of nitro benzene ring substituents is 1. The summed E-state index contributed by atoms with van der Waals surface area (Å²) in [6, 6.07) is 7.00. The number of nitro groups is 1. The van der Waals surface area contributed by atoms with E-state index in [2.05, 4.69) is 10.3 Å². The van der Waals surface area contributed by atoms with Crippen LogP contribution in [0.5, 0.6) is 0 Å². The van der Waals surface area contributed by atoms with E-state index in [-0.39, 0.29) is 10.6 Å². The molecule has 3 rings (SSSR count). The van der Waals surface area contributed by atoms with E-state index in [9.17, 15) is 10.1 Å². The second kappa shape index (κ2) is 6.27. The Morgan fingerprint density at radius 3 is 3.09 bits per heavy atom. The highest BCUT2D eigenvalue weighted by atomic mass is 16.6. The minimum Gasteiger partial charge on any atom is -0.384 e. The number of benzene rings is 1. The minimum atomic E-state index is -0.381. The third-order valence-corrected chi connectivity index (χ3v) is 3.98. The molecule has 6 heteroatoms. The van der Waals surface area contributed by atoms with Gasteiger partial charge in [-0.3, -0.25) is 10.1 Å². The number of aromatic nitrogens is 1. The van der Waals surface area contributed by atoms with Crippen molar-refractivity contribution in [2.24, 2.45) is 5.92 Å². The second-order valence-electron chi connectivity index (χ2n) is 5.71. The van der Waals surface area contributed by atoms with Crippen molar-refractivity contribution >= 4 is 22.3 Å². The summed E-state index contributed by atoms with van der Waals surface area (Å²) in [6.45, 7) is 4.28. The number of para-hydroxylation sites is 1. The molecule has 1 aromatic carbocycles. The van der Waals surface area contributed by atoms with Gasteiger partial charge in [-0.25, -0.2) is 4.98 Å². The first-order valence-corrected chi connectivity index (χ1v) is 7.51. The number of nitrogens with one attached hydrogen (secondary N) is 1. The summed E-state index contributed by atoms with van der Waals surface area (Å²) >= 11 is 0. The van der Waals surface area contributed by atoms with Crippen molar-refractivity contribution in [2.45, 2.75) is 19.8 Å². The summed E-state index contributed by atoms with van der Waals surface area (Å²) in [5.41, 5.74) is 2.15. The average molecular weight is 301 g/mol. The molecular weight excluding hydrogens is 282 g/mol. The van der Waals surface area contributed by atoms with Gasteiger partial charge in [0.2, 0.25) is 0 Å². The zero-order valence-electron chi connectivity index (χ0n) is 12.5. The van der Waals surface area contributed by atoms with Gasteiger partial charge in [0.25, 0.3) is 5.69 Å². The Morgan fingerprint density at radius 1 is 1.50 bits per heavy atom. The zero-order chi connectivity index (χ0) is 15.5. The number of fused-ring (bicyclic) bond motifs is 1.